The molecule has 2 aromatic carbocycles. The first-order chi connectivity index (χ1) is 9.61. The van der Waals surface area contributed by atoms with Crippen LogP contribution in [0.3, 0.4) is 0 Å². The Morgan fingerprint density at radius 3 is 2.45 bits per heavy atom. The molecule has 106 valence electrons. The van der Waals surface area contributed by atoms with Crippen molar-refractivity contribution in [3.63, 3.8) is 0 Å². The van der Waals surface area contributed by atoms with Gasteiger partial charge in [-0.2, -0.15) is 0 Å². The second-order valence-corrected chi connectivity index (χ2v) is 5.25. The van der Waals surface area contributed by atoms with Gasteiger partial charge in [-0.3, -0.25) is 0 Å². The van der Waals surface area contributed by atoms with Crippen molar-refractivity contribution in [2.24, 2.45) is 0 Å². The normalized spacial score (nSPS) is 12.2. The van der Waals surface area contributed by atoms with Crippen LogP contribution in [0.1, 0.15) is 36.1 Å². The van der Waals surface area contributed by atoms with Crippen LogP contribution in [0.15, 0.2) is 42.5 Å². The minimum atomic E-state index is -0.719. The summed E-state index contributed by atoms with van der Waals surface area (Å²) >= 11 is 6.19. The molecule has 0 aliphatic carbocycles. The van der Waals surface area contributed by atoms with E-state index in [1.807, 2.05) is 49.4 Å². The quantitative estimate of drug-likeness (QED) is 0.877. The number of ether oxygens (including phenoxy) is 1. The molecule has 0 saturated heterocycles. The largest absolute Gasteiger partial charge is 0.494 e. The highest BCUT2D eigenvalue weighted by molar-refractivity contribution is 6.31. The predicted octanol–water partition coefficient (Wildman–Crippen LogP) is 4.52. The molecule has 0 heterocycles. The molecule has 1 unspecified atom stereocenters. The molecule has 0 bridgehead atoms. The van der Waals surface area contributed by atoms with E-state index in [1.54, 1.807) is 0 Å². The highest BCUT2D eigenvalue weighted by Gasteiger charge is 2.13. The first-order valence-corrected chi connectivity index (χ1v) is 7.16. The lowest BCUT2D eigenvalue weighted by Gasteiger charge is -2.14. The van der Waals surface area contributed by atoms with Crippen LogP contribution in [-0.4, -0.2) is 11.7 Å². The Hall–Kier alpha value is -1.51. The number of benzene rings is 2. The van der Waals surface area contributed by atoms with Crippen LogP contribution < -0.4 is 4.74 Å². The second-order valence-electron chi connectivity index (χ2n) is 4.85. The average Bonchev–Trinajstić information content (AvgIpc) is 2.45. The molecular formula is C17H19ClO2. The summed E-state index contributed by atoms with van der Waals surface area (Å²) in [6.07, 6.45) is 0.256. The van der Waals surface area contributed by atoms with Crippen molar-refractivity contribution in [3.05, 3.63) is 64.2 Å². The van der Waals surface area contributed by atoms with Crippen LogP contribution in [0.5, 0.6) is 5.75 Å². The second kappa shape index (κ2) is 6.78. The number of aliphatic hydroxyl groups excluding tert-OH is 1. The van der Waals surface area contributed by atoms with Gasteiger partial charge in [0.2, 0.25) is 0 Å². The summed E-state index contributed by atoms with van der Waals surface area (Å²) in [5.41, 5.74) is 2.60. The van der Waals surface area contributed by atoms with Crippen LogP contribution in [0.25, 0.3) is 0 Å². The summed E-state index contributed by atoms with van der Waals surface area (Å²) in [7, 11) is 0. The number of aliphatic hydroxyl groups is 1. The first-order valence-electron chi connectivity index (χ1n) is 6.78. The van der Waals surface area contributed by atoms with Crippen molar-refractivity contribution in [3.8, 4) is 5.75 Å². The van der Waals surface area contributed by atoms with E-state index in [2.05, 4.69) is 6.92 Å². The van der Waals surface area contributed by atoms with Gasteiger partial charge in [0.05, 0.1) is 6.61 Å². The Kier molecular flexibility index (Phi) is 5.05. The van der Waals surface area contributed by atoms with Crippen LogP contribution >= 0.6 is 11.6 Å². The van der Waals surface area contributed by atoms with E-state index < -0.39 is 6.10 Å². The molecule has 0 radical (unpaired) electrons. The molecule has 0 amide bonds. The zero-order valence-corrected chi connectivity index (χ0v) is 12.5. The molecular weight excluding hydrogens is 272 g/mol. The van der Waals surface area contributed by atoms with Gasteiger partial charge < -0.3 is 9.84 Å². The smallest absolute Gasteiger partial charge is 0.119 e. The van der Waals surface area contributed by atoms with Crippen LogP contribution in [0, 0.1) is 6.92 Å². The fourth-order valence-corrected chi connectivity index (χ4v) is 2.34. The molecule has 0 fully saturated rings. The highest BCUT2D eigenvalue weighted by Crippen LogP contribution is 2.29. The van der Waals surface area contributed by atoms with E-state index in [0.29, 0.717) is 11.6 Å². The minimum Gasteiger partial charge on any atom is -0.494 e. The summed E-state index contributed by atoms with van der Waals surface area (Å²) in [5.74, 6) is 0.817. The van der Waals surface area contributed by atoms with Crippen molar-refractivity contribution in [2.45, 2.75) is 26.4 Å². The van der Waals surface area contributed by atoms with Gasteiger partial charge in [-0.05, 0) is 42.7 Å². The molecule has 0 aliphatic heterocycles. The van der Waals surface area contributed by atoms with Crippen molar-refractivity contribution in [1.82, 2.24) is 0 Å². The lowest BCUT2D eigenvalue weighted by Crippen LogP contribution is -2.01. The van der Waals surface area contributed by atoms with E-state index in [0.717, 1.165) is 28.9 Å². The van der Waals surface area contributed by atoms with Crippen LogP contribution in [-0.2, 0) is 0 Å². The van der Waals surface area contributed by atoms with E-state index in [9.17, 15) is 5.11 Å². The summed E-state index contributed by atoms with van der Waals surface area (Å²) < 4.78 is 5.53. The molecule has 0 spiro atoms. The number of hydrogen-bond donors (Lipinski definition) is 1. The van der Waals surface area contributed by atoms with Gasteiger partial charge in [-0.15, -0.1) is 0 Å². The zero-order valence-electron chi connectivity index (χ0n) is 11.8. The van der Waals surface area contributed by atoms with Gasteiger partial charge in [-0.1, -0.05) is 42.8 Å². The average molecular weight is 291 g/mol. The van der Waals surface area contributed by atoms with Gasteiger partial charge in [0.25, 0.3) is 0 Å². The maximum absolute atomic E-state index is 10.4. The van der Waals surface area contributed by atoms with Gasteiger partial charge in [-0.25, -0.2) is 0 Å². The molecule has 3 heteroatoms. The van der Waals surface area contributed by atoms with E-state index >= 15 is 0 Å². The Balaban J connectivity index is 2.18. The first kappa shape index (κ1) is 14.9. The van der Waals surface area contributed by atoms with Crippen molar-refractivity contribution >= 4 is 11.6 Å². The highest BCUT2D eigenvalue weighted by atomic mass is 35.5. The molecule has 1 N–H and O–H groups in total. The fourth-order valence-electron chi connectivity index (χ4n) is 2.00. The van der Waals surface area contributed by atoms with Crippen molar-refractivity contribution in [2.75, 3.05) is 6.61 Å². The van der Waals surface area contributed by atoms with Crippen LogP contribution in [0.4, 0.5) is 0 Å². The Morgan fingerprint density at radius 2 is 1.85 bits per heavy atom. The number of aryl methyl sites for hydroxylation is 1. The molecule has 2 rings (SSSR count). The maximum atomic E-state index is 10.4. The Bertz CT molecular complexity index is 564. The molecule has 1 atom stereocenters. The number of hydrogen-bond acceptors (Lipinski definition) is 2. The fraction of sp³-hybridized carbons (Fsp3) is 0.294. The summed E-state index contributed by atoms with van der Waals surface area (Å²) in [6.45, 7) is 4.74. The van der Waals surface area contributed by atoms with Crippen molar-refractivity contribution in [1.29, 1.82) is 0 Å². The minimum absolute atomic E-state index is 0.587. The Labute approximate surface area is 125 Å². The lowest BCUT2D eigenvalue weighted by atomic mass is 10.0. The molecule has 0 aliphatic rings. The predicted molar refractivity (Wildman–Crippen MR) is 82.5 cm³/mol. The maximum Gasteiger partial charge on any atom is 0.119 e. The zero-order chi connectivity index (χ0) is 14.5. The van der Waals surface area contributed by atoms with Crippen LogP contribution in [0.2, 0.25) is 5.02 Å². The molecule has 2 nitrogen and oxygen atoms in total. The summed E-state index contributed by atoms with van der Waals surface area (Å²) in [4.78, 5) is 0. The topological polar surface area (TPSA) is 29.5 Å². The standard InChI is InChI=1S/C17H19ClO2/c1-3-10-20-14-7-5-13(6-8-14)17(19)15-9-4-12(2)11-16(15)18/h4-9,11,17,19H,3,10H2,1-2H3. The number of rotatable bonds is 5. The molecule has 0 aromatic heterocycles. The van der Waals surface area contributed by atoms with Crippen molar-refractivity contribution < 1.29 is 9.84 Å². The molecule has 20 heavy (non-hydrogen) atoms. The molecule has 0 saturated carbocycles. The van der Waals surface area contributed by atoms with Gasteiger partial charge in [0, 0.05) is 10.6 Å². The third kappa shape index (κ3) is 3.53. The molecule has 2 aromatic rings. The third-order valence-electron chi connectivity index (χ3n) is 3.12. The number of halogens is 1. The third-order valence-corrected chi connectivity index (χ3v) is 3.45. The van der Waals surface area contributed by atoms with Gasteiger partial charge >= 0.3 is 0 Å². The van der Waals surface area contributed by atoms with E-state index in [4.69, 9.17) is 16.3 Å². The Morgan fingerprint density at radius 1 is 1.15 bits per heavy atom. The SMILES string of the molecule is CCCOc1ccc(C(O)c2ccc(C)cc2Cl)cc1. The summed E-state index contributed by atoms with van der Waals surface area (Å²) in [5, 5.41) is 11.0. The lowest BCUT2D eigenvalue weighted by molar-refractivity contribution is 0.220. The van der Waals surface area contributed by atoms with E-state index in [-0.39, 0.29) is 0 Å². The summed E-state index contributed by atoms with van der Waals surface area (Å²) in [6, 6.07) is 13.1. The van der Waals surface area contributed by atoms with Gasteiger partial charge in [0.1, 0.15) is 11.9 Å². The monoisotopic (exact) mass is 290 g/mol. The van der Waals surface area contributed by atoms with Gasteiger partial charge in [0.15, 0.2) is 0 Å². The van der Waals surface area contributed by atoms with E-state index in [1.165, 1.54) is 0 Å².